The zero-order valence-corrected chi connectivity index (χ0v) is 16.5. The highest BCUT2D eigenvalue weighted by Crippen LogP contribution is 2.28. The van der Waals surface area contributed by atoms with Crippen LogP contribution in [0.15, 0.2) is 36.7 Å². The van der Waals surface area contributed by atoms with E-state index in [0.717, 1.165) is 11.3 Å². The molecule has 7 nitrogen and oxygen atoms in total. The molecule has 2 aromatic rings. The Hall–Kier alpha value is -2.81. The lowest BCUT2D eigenvalue weighted by Gasteiger charge is -2.31. The molecule has 30 heavy (non-hydrogen) atoms. The molecule has 1 atom stereocenters. The Labute approximate surface area is 173 Å². The van der Waals surface area contributed by atoms with E-state index in [1.54, 1.807) is 11.2 Å². The largest absolute Gasteiger partial charge is 0.365 e. The number of alkyl halides is 2. The number of carbonyl (C=O) groups is 2. The lowest BCUT2D eigenvalue weighted by molar-refractivity contribution is -0.126. The number of rotatable bonds is 5. The Balaban J connectivity index is 1.36. The van der Waals surface area contributed by atoms with E-state index in [0.29, 0.717) is 44.8 Å². The van der Waals surface area contributed by atoms with Gasteiger partial charge in [0, 0.05) is 19.0 Å². The van der Waals surface area contributed by atoms with Gasteiger partial charge < -0.3 is 19.5 Å². The zero-order valence-electron chi connectivity index (χ0n) is 16.5. The van der Waals surface area contributed by atoms with Crippen LogP contribution >= 0.6 is 0 Å². The summed E-state index contributed by atoms with van der Waals surface area (Å²) in [5.41, 5.74) is 2.21. The number of nitrogens with one attached hydrogen (secondary N) is 1. The zero-order chi connectivity index (χ0) is 21.1. The van der Waals surface area contributed by atoms with Crippen LogP contribution in [0.25, 0.3) is 0 Å². The van der Waals surface area contributed by atoms with Crippen molar-refractivity contribution in [2.45, 2.75) is 38.5 Å². The number of likely N-dealkylation sites (tertiary alicyclic amines) is 1. The second-order valence-corrected chi connectivity index (χ2v) is 7.61. The molecule has 0 spiro atoms. The van der Waals surface area contributed by atoms with Crippen molar-refractivity contribution in [3.63, 3.8) is 0 Å². The Morgan fingerprint density at radius 2 is 1.93 bits per heavy atom. The van der Waals surface area contributed by atoms with Gasteiger partial charge in [-0.3, -0.25) is 9.59 Å². The van der Waals surface area contributed by atoms with Gasteiger partial charge in [-0.05, 0) is 18.4 Å². The first-order valence-corrected chi connectivity index (χ1v) is 10.1. The summed E-state index contributed by atoms with van der Waals surface area (Å²) in [5.74, 6) is -0.905. The average Bonchev–Trinajstić information content (AvgIpc) is 3.21. The monoisotopic (exact) mass is 418 g/mol. The number of fused-ring (bicyclic) bond motifs is 1. The fourth-order valence-corrected chi connectivity index (χ4v) is 3.99. The molecule has 4 rings (SSSR count). The van der Waals surface area contributed by atoms with Crippen molar-refractivity contribution in [3.05, 3.63) is 53.6 Å². The molecular weight excluding hydrogens is 394 g/mol. The van der Waals surface area contributed by atoms with Crippen molar-refractivity contribution in [2.75, 3.05) is 19.6 Å². The summed E-state index contributed by atoms with van der Waals surface area (Å²) in [7, 11) is 0. The van der Waals surface area contributed by atoms with E-state index in [-0.39, 0.29) is 23.8 Å². The second kappa shape index (κ2) is 8.91. The van der Waals surface area contributed by atoms with Gasteiger partial charge in [0.1, 0.15) is 6.10 Å². The number of aromatic nitrogens is 2. The lowest BCUT2D eigenvalue weighted by Crippen LogP contribution is -2.44. The van der Waals surface area contributed by atoms with Gasteiger partial charge in [0.2, 0.25) is 5.91 Å². The highest BCUT2D eigenvalue weighted by atomic mass is 19.3. The third-order valence-corrected chi connectivity index (χ3v) is 5.69. The predicted octanol–water partition coefficient (Wildman–Crippen LogP) is 2.39. The van der Waals surface area contributed by atoms with Crippen molar-refractivity contribution in [1.82, 2.24) is 19.8 Å². The Morgan fingerprint density at radius 1 is 1.20 bits per heavy atom. The maximum Gasteiger partial charge on any atom is 0.274 e. The minimum Gasteiger partial charge on any atom is -0.365 e. The molecule has 2 amide bonds. The highest BCUT2D eigenvalue weighted by Gasteiger charge is 2.32. The molecule has 0 bridgehead atoms. The molecule has 160 valence electrons. The standard InChI is InChI=1S/C21H24F2N4O3/c22-18(23)10-24-20(28)15-6-8-26(9-7-15)21(29)19-16-12-30-17(11-27(16)13-25-19)14-4-2-1-3-5-14/h1-5,13,15,17-18H,6-12H2,(H,24,28)/t17-/m1/s1. The molecule has 9 heteroatoms. The van der Waals surface area contributed by atoms with Crippen molar-refractivity contribution in [1.29, 1.82) is 0 Å². The minimum atomic E-state index is -2.56. The number of halogens is 2. The van der Waals surface area contributed by atoms with Crippen LogP contribution in [0.2, 0.25) is 0 Å². The number of piperidine rings is 1. The smallest absolute Gasteiger partial charge is 0.274 e. The number of benzene rings is 1. The van der Waals surface area contributed by atoms with E-state index < -0.39 is 13.0 Å². The summed E-state index contributed by atoms with van der Waals surface area (Å²) in [4.78, 5) is 30.9. The Kier molecular flexibility index (Phi) is 6.08. The van der Waals surface area contributed by atoms with Crippen LogP contribution in [0, 0.1) is 5.92 Å². The third-order valence-electron chi connectivity index (χ3n) is 5.69. The molecule has 2 aliphatic heterocycles. The average molecular weight is 418 g/mol. The van der Waals surface area contributed by atoms with Gasteiger partial charge in [-0.15, -0.1) is 0 Å². The van der Waals surface area contributed by atoms with Gasteiger partial charge in [-0.25, -0.2) is 13.8 Å². The van der Waals surface area contributed by atoms with E-state index in [9.17, 15) is 18.4 Å². The van der Waals surface area contributed by atoms with E-state index in [2.05, 4.69) is 10.3 Å². The summed E-state index contributed by atoms with van der Waals surface area (Å²) in [5, 5.41) is 2.26. The molecule has 1 N–H and O–H groups in total. The van der Waals surface area contributed by atoms with Crippen LogP contribution < -0.4 is 5.32 Å². The minimum absolute atomic E-state index is 0.0849. The molecule has 0 radical (unpaired) electrons. The normalized spacial score (nSPS) is 19.6. The summed E-state index contributed by atoms with van der Waals surface area (Å²) in [6.07, 6.45) is -0.0805. The van der Waals surface area contributed by atoms with Crippen LogP contribution in [-0.2, 0) is 22.7 Å². The van der Waals surface area contributed by atoms with E-state index in [1.807, 2.05) is 34.9 Å². The summed E-state index contributed by atoms with van der Waals surface area (Å²) < 4.78 is 32.5. The first-order chi connectivity index (χ1) is 14.5. The van der Waals surface area contributed by atoms with E-state index in [1.165, 1.54) is 0 Å². The first kappa shape index (κ1) is 20.5. The quantitative estimate of drug-likeness (QED) is 0.809. The molecule has 0 aliphatic carbocycles. The summed E-state index contributed by atoms with van der Waals surface area (Å²) in [6.45, 7) is 1.04. The fourth-order valence-electron chi connectivity index (χ4n) is 3.99. The SMILES string of the molecule is O=C(NCC(F)F)C1CCN(C(=O)c2ncn3c2CO[C@@H](c2ccccc2)C3)CC1. The van der Waals surface area contributed by atoms with Crippen molar-refractivity contribution in [3.8, 4) is 0 Å². The topological polar surface area (TPSA) is 76.5 Å². The van der Waals surface area contributed by atoms with E-state index >= 15 is 0 Å². The molecule has 0 saturated carbocycles. The van der Waals surface area contributed by atoms with Crippen molar-refractivity contribution < 1.29 is 23.1 Å². The molecule has 1 aromatic heterocycles. The molecule has 0 unspecified atom stereocenters. The molecular formula is C21H24F2N4O3. The van der Waals surface area contributed by atoms with Gasteiger partial charge in [-0.1, -0.05) is 30.3 Å². The van der Waals surface area contributed by atoms with E-state index in [4.69, 9.17) is 4.74 Å². The number of nitrogens with zero attached hydrogens (tertiary/aromatic N) is 3. The van der Waals surface area contributed by atoms with Gasteiger partial charge in [0.05, 0.1) is 31.7 Å². The second-order valence-electron chi connectivity index (χ2n) is 7.61. The summed E-state index contributed by atoms with van der Waals surface area (Å²) >= 11 is 0. The molecule has 1 saturated heterocycles. The maximum atomic E-state index is 13.0. The maximum absolute atomic E-state index is 13.0. The molecule has 3 heterocycles. The molecule has 2 aliphatic rings. The number of hydrogen-bond donors (Lipinski definition) is 1. The Morgan fingerprint density at radius 3 is 2.63 bits per heavy atom. The number of imidazole rings is 1. The summed E-state index contributed by atoms with van der Waals surface area (Å²) in [6, 6.07) is 9.92. The van der Waals surface area contributed by atoms with Crippen LogP contribution in [0.1, 0.15) is 40.7 Å². The van der Waals surface area contributed by atoms with Gasteiger partial charge in [0.15, 0.2) is 5.69 Å². The third kappa shape index (κ3) is 4.35. The fraction of sp³-hybridized carbons (Fsp3) is 0.476. The first-order valence-electron chi connectivity index (χ1n) is 10.1. The van der Waals surface area contributed by atoms with Crippen LogP contribution in [0.4, 0.5) is 8.78 Å². The Bertz CT molecular complexity index is 895. The van der Waals surface area contributed by atoms with Crippen LogP contribution in [0.5, 0.6) is 0 Å². The van der Waals surface area contributed by atoms with Gasteiger partial charge in [0.25, 0.3) is 12.3 Å². The van der Waals surface area contributed by atoms with Crippen LogP contribution in [-0.4, -0.2) is 52.3 Å². The number of carbonyl (C=O) groups excluding carboxylic acids is 2. The van der Waals surface area contributed by atoms with Crippen LogP contribution in [0.3, 0.4) is 0 Å². The molecule has 1 fully saturated rings. The van der Waals surface area contributed by atoms with Crippen molar-refractivity contribution >= 4 is 11.8 Å². The predicted molar refractivity (Wildman–Crippen MR) is 104 cm³/mol. The highest BCUT2D eigenvalue weighted by molar-refractivity contribution is 5.93. The van der Waals surface area contributed by atoms with Gasteiger partial charge in [-0.2, -0.15) is 0 Å². The van der Waals surface area contributed by atoms with Crippen molar-refractivity contribution in [2.24, 2.45) is 5.92 Å². The number of hydrogen-bond acceptors (Lipinski definition) is 4. The molecule has 1 aromatic carbocycles. The lowest BCUT2D eigenvalue weighted by atomic mass is 9.95. The van der Waals surface area contributed by atoms with Gasteiger partial charge >= 0.3 is 0 Å². The number of ether oxygens (including phenoxy) is 1. The number of amides is 2.